The first-order chi connectivity index (χ1) is 8.05. The first-order valence-electron chi connectivity index (χ1n) is 6.12. The van der Waals surface area contributed by atoms with Crippen molar-refractivity contribution in [2.45, 2.75) is 39.5 Å². The van der Waals surface area contributed by atoms with Crippen molar-refractivity contribution in [1.29, 1.82) is 0 Å². The molecule has 17 heavy (non-hydrogen) atoms. The number of hydrogen-bond acceptors (Lipinski definition) is 3. The maximum atomic E-state index is 12.1. The van der Waals surface area contributed by atoms with E-state index in [1.165, 1.54) is 0 Å². The summed E-state index contributed by atoms with van der Waals surface area (Å²) in [5.41, 5.74) is 5.05. The molecule has 0 saturated carbocycles. The molecule has 0 bridgehead atoms. The van der Waals surface area contributed by atoms with Gasteiger partial charge in [0, 0.05) is 6.54 Å². The molecule has 0 aromatic rings. The molecule has 0 spiro atoms. The minimum absolute atomic E-state index is 0.0147. The van der Waals surface area contributed by atoms with Crippen LogP contribution in [0.2, 0.25) is 0 Å². The second-order valence-corrected chi connectivity index (χ2v) is 5.53. The molecular formula is C12H24N2OS2. The summed E-state index contributed by atoms with van der Waals surface area (Å²) in [6.45, 7) is 4.62. The molecule has 3 N–H and O–H groups in total. The van der Waals surface area contributed by atoms with Crippen molar-refractivity contribution in [3.05, 3.63) is 0 Å². The average molecular weight is 276 g/mol. The average Bonchev–Trinajstić information content (AvgIpc) is 2.30. The van der Waals surface area contributed by atoms with Crippen molar-refractivity contribution in [1.82, 2.24) is 5.32 Å². The Morgan fingerprint density at radius 1 is 1.35 bits per heavy atom. The Labute approximate surface area is 114 Å². The molecule has 0 fully saturated rings. The molecule has 0 aliphatic rings. The highest BCUT2D eigenvalue weighted by Gasteiger charge is 2.37. The second kappa shape index (κ2) is 8.75. The van der Waals surface area contributed by atoms with Crippen LogP contribution in [0.25, 0.3) is 0 Å². The highest BCUT2D eigenvalue weighted by molar-refractivity contribution is 7.98. The Balaban J connectivity index is 4.21. The maximum Gasteiger partial charge on any atom is 0.233 e. The number of thioether (sulfide) groups is 1. The summed E-state index contributed by atoms with van der Waals surface area (Å²) in [6.07, 6.45) is 5.54. The number of nitrogens with two attached hydrogens (primary N) is 1. The second-order valence-electron chi connectivity index (χ2n) is 4.11. The third-order valence-corrected chi connectivity index (χ3v) is 4.26. The third-order valence-electron chi connectivity index (χ3n) is 3.17. The Morgan fingerprint density at radius 3 is 2.35 bits per heavy atom. The van der Waals surface area contributed by atoms with Crippen LogP contribution < -0.4 is 11.1 Å². The molecule has 0 unspecified atom stereocenters. The minimum atomic E-state index is -0.658. The molecule has 0 radical (unpaired) electrons. The van der Waals surface area contributed by atoms with E-state index in [0.29, 0.717) is 24.4 Å². The van der Waals surface area contributed by atoms with Gasteiger partial charge in [0.05, 0.1) is 10.4 Å². The summed E-state index contributed by atoms with van der Waals surface area (Å²) in [5, 5.41) is 2.95. The molecule has 0 aromatic carbocycles. The zero-order valence-corrected chi connectivity index (χ0v) is 12.7. The third kappa shape index (κ3) is 4.84. The number of nitrogens with one attached hydrogen (secondary N) is 1. The van der Waals surface area contributed by atoms with Gasteiger partial charge in [0.1, 0.15) is 0 Å². The van der Waals surface area contributed by atoms with Crippen molar-refractivity contribution in [3.8, 4) is 0 Å². The van der Waals surface area contributed by atoms with E-state index in [4.69, 9.17) is 18.0 Å². The van der Waals surface area contributed by atoms with Crippen LogP contribution >= 0.6 is 24.0 Å². The highest BCUT2D eigenvalue weighted by atomic mass is 32.2. The van der Waals surface area contributed by atoms with E-state index < -0.39 is 5.41 Å². The van der Waals surface area contributed by atoms with Gasteiger partial charge in [0.25, 0.3) is 0 Å². The molecule has 0 aliphatic heterocycles. The number of thiocarbonyl (C=S) groups is 1. The summed E-state index contributed by atoms with van der Waals surface area (Å²) >= 11 is 6.86. The Hall–Kier alpha value is -0.290. The van der Waals surface area contributed by atoms with E-state index in [-0.39, 0.29) is 5.91 Å². The summed E-state index contributed by atoms with van der Waals surface area (Å²) in [5.74, 6) is 1.12. The monoisotopic (exact) mass is 276 g/mol. The van der Waals surface area contributed by atoms with Gasteiger partial charge in [0.15, 0.2) is 0 Å². The van der Waals surface area contributed by atoms with Gasteiger partial charge in [-0.25, -0.2) is 0 Å². The van der Waals surface area contributed by atoms with Crippen LogP contribution in [0.15, 0.2) is 0 Å². The quantitative estimate of drug-likeness (QED) is 0.501. The fourth-order valence-electron chi connectivity index (χ4n) is 1.77. The molecular weight excluding hydrogens is 252 g/mol. The largest absolute Gasteiger partial charge is 0.392 e. The van der Waals surface area contributed by atoms with E-state index in [2.05, 4.69) is 11.6 Å². The van der Waals surface area contributed by atoms with E-state index in [0.717, 1.165) is 18.6 Å². The van der Waals surface area contributed by atoms with Gasteiger partial charge in [-0.1, -0.05) is 26.1 Å². The zero-order valence-electron chi connectivity index (χ0n) is 11.0. The van der Waals surface area contributed by atoms with Gasteiger partial charge < -0.3 is 11.1 Å². The van der Waals surface area contributed by atoms with Crippen molar-refractivity contribution in [2.24, 2.45) is 11.1 Å². The Bertz CT molecular complexity index is 253. The summed E-state index contributed by atoms with van der Waals surface area (Å²) in [6, 6.07) is 0. The molecule has 0 rings (SSSR count). The molecule has 0 aromatic heterocycles. The highest BCUT2D eigenvalue weighted by Crippen LogP contribution is 2.27. The van der Waals surface area contributed by atoms with E-state index >= 15 is 0 Å². The van der Waals surface area contributed by atoms with Crippen LogP contribution in [-0.2, 0) is 4.79 Å². The van der Waals surface area contributed by atoms with Gasteiger partial charge in [-0.05, 0) is 37.7 Å². The molecule has 0 atom stereocenters. The first-order valence-corrected chi connectivity index (χ1v) is 7.92. The summed E-state index contributed by atoms with van der Waals surface area (Å²) in [7, 11) is 0. The molecule has 3 nitrogen and oxygen atoms in total. The van der Waals surface area contributed by atoms with Gasteiger partial charge in [-0.2, -0.15) is 11.8 Å². The summed E-state index contributed by atoms with van der Waals surface area (Å²) < 4.78 is 0. The summed E-state index contributed by atoms with van der Waals surface area (Å²) in [4.78, 5) is 12.4. The SMILES string of the molecule is CCC(CC)(C(=O)NCCCCSC)C(N)=S. The lowest BCUT2D eigenvalue weighted by molar-refractivity contribution is -0.127. The molecule has 0 saturated heterocycles. The number of hydrogen-bond donors (Lipinski definition) is 2. The number of carbonyl (C=O) groups is 1. The van der Waals surface area contributed by atoms with Crippen LogP contribution in [0, 0.1) is 5.41 Å². The Kier molecular flexibility index (Phi) is 8.60. The van der Waals surface area contributed by atoms with Crippen molar-refractivity contribution < 1.29 is 4.79 Å². The van der Waals surface area contributed by atoms with Crippen LogP contribution in [0.5, 0.6) is 0 Å². The van der Waals surface area contributed by atoms with Crippen molar-refractivity contribution in [2.75, 3.05) is 18.6 Å². The standard InChI is InChI=1S/C12H24N2OS2/c1-4-12(5-2,10(13)16)11(15)14-8-6-7-9-17-3/h4-9H2,1-3H3,(H2,13,16)(H,14,15). The van der Waals surface area contributed by atoms with E-state index in [1.54, 1.807) is 0 Å². The number of unbranched alkanes of at least 4 members (excludes halogenated alkanes) is 1. The molecule has 0 aliphatic carbocycles. The topological polar surface area (TPSA) is 55.1 Å². The number of carbonyl (C=O) groups excluding carboxylic acids is 1. The van der Waals surface area contributed by atoms with Gasteiger partial charge in [0.2, 0.25) is 5.91 Å². The van der Waals surface area contributed by atoms with Crippen molar-refractivity contribution in [3.63, 3.8) is 0 Å². The fourth-order valence-corrected chi connectivity index (χ4v) is 2.65. The zero-order chi connectivity index (χ0) is 13.3. The van der Waals surface area contributed by atoms with E-state index in [9.17, 15) is 4.79 Å². The lowest BCUT2D eigenvalue weighted by Crippen LogP contribution is -2.48. The van der Waals surface area contributed by atoms with Crippen LogP contribution in [0.4, 0.5) is 0 Å². The lowest BCUT2D eigenvalue weighted by Gasteiger charge is -2.28. The van der Waals surface area contributed by atoms with Crippen LogP contribution in [0.1, 0.15) is 39.5 Å². The predicted octanol–water partition coefficient (Wildman–Crippen LogP) is 2.34. The normalized spacial score (nSPS) is 11.2. The van der Waals surface area contributed by atoms with Crippen LogP contribution in [-0.4, -0.2) is 29.4 Å². The van der Waals surface area contributed by atoms with Gasteiger partial charge in [-0.15, -0.1) is 0 Å². The van der Waals surface area contributed by atoms with Gasteiger partial charge >= 0.3 is 0 Å². The van der Waals surface area contributed by atoms with E-state index in [1.807, 2.05) is 25.6 Å². The van der Waals surface area contributed by atoms with Crippen molar-refractivity contribution >= 4 is 34.9 Å². The molecule has 100 valence electrons. The molecule has 1 amide bonds. The molecule has 0 heterocycles. The van der Waals surface area contributed by atoms with Gasteiger partial charge in [-0.3, -0.25) is 4.79 Å². The Morgan fingerprint density at radius 2 is 1.94 bits per heavy atom. The number of amides is 1. The lowest BCUT2D eigenvalue weighted by atomic mass is 9.81. The van der Waals surface area contributed by atoms with Crippen LogP contribution in [0.3, 0.4) is 0 Å². The molecule has 5 heteroatoms. The first kappa shape index (κ1) is 16.7. The maximum absolute atomic E-state index is 12.1. The minimum Gasteiger partial charge on any atom is -0.392 e. The number of rotatable bonds is 9. The smallest absolute Gasteiger partial charge is 0.233 e. The fraction of sp³-hybridized carbons (Fsp3) is 0.833. The predicted molar refractivity (Wildman–Crippen MR) is 80.4 cm³/mol.